The SMILES string of the molecule is CN(Cc1ncn[nH]1)C(=O)NC(C)(C)C(=O)O. The van der Waals surface area contributed by atoms with Crippen LogP contribution in [0.5, 0.6) is 0 Å². The Morgan fingerprint density at radius 3 is 2.71 bits per heavy atom. The molecule has 2 amide bonds. The summed E-state index contributed by atoms with van der Waals surface area (Å²) in [6.45, 7) is 3.05. The van der Waals surface area contributed by atoms with Crippen LogP contribution in [0.2, 0.25) is 0 Å². The number of carboxylic acids is 1. The minimum absolute atomic E-state index is 0.224. The summed E-state index contributed by atoms with van der Waals surface area (Å²) in [5.41, 5.74) is -1.31. The van der Waals surface area contributed by atoms with Crippen LogP contribution in [0.25, 0.3) is 0 Å². The molecule has 3 N–H and O–H groups in total. The molecule has 0 bridgehead atoms. The van der Waals surface area contributed by atoms with E-state index >= 15 is 0 Å². The number of carbonyl (C=O) groups excluding carboxylic acids is 1. The largest absolute Gasteiger partial charge is 0.480 e. The Hall–Kier alpha value is -2.12. The van der Waals surface area contributed by atoms with Crippen molar-refractivity contribution in [2.75, 3.05) is 7.05 Å². The monoisotopic (exact) mass is 241 g/mol. The van der Waals surface area contributed by atoms with Crippen molar-refractivity contribution in [1.29, 1.82) is 0 Å². The van der Waals surface area contributed by atoms with Gasteiger partial charge in [0, 0.05) is 7.05 Å². The fourth-order valence-electron chi connectivity index (χ4n) is 1.02. The first-order valence-corrected chi connectivity index (χ1v) is 4.94. The number of aromatic nitrogens is 3. The van der Waals surface area contributed by atoms with Crippen molar-refractivity contribution in [3.05, 3.63) is 12.2 Å². The lowest BCUT2D eigenvalue weighted by molar-refractivity contribution is -0.143. The average molecular weight is 241 g/mol. The molecule has 0 aliphatic rings. The maximum absolute atomic E-state index is 11.7. The van der Waals surface area contributed by atoms with Crippen molar-refractivity contribution in [1.82, 2.24) is 25.4 Å². The van der Waals surface area contributed by atoms with E-state index in [-0.39, 0.29) is 6.54 Å². The summed E-state index contributed by atoms with van der Waals surface area (Å²) in [6.07, 6.45) is 1.34. The zero-order valence-corrected chi connectivity index (χ0v) is 9.89. The molecule has 0 aliphatic heterocycles. The van der Waals surface area contributed by atoms with Gasteiger partial charge in [-0.2, -0.15) is 5.10 Å². The summed E-state index contributed by atoms with van der Waals surface area (Å²) in [6, 6.07) is -0.492. The fraction of sp³-hybridized carbons (Fsp3) is 0.556. The molecule has 1 rings (SSSR count). The topological polar surface area (TPSA) is 111 Å². The first kappa shape index (κ1) is 12.9. The van der Waals surface area contributed by atoms with Crippen LogP contribution in [-0.2, 0) is 11.3 Å². The van der Waals surface area contributed by atoms with E-state index in [9.17, 15) is 9.59 Å². The van der Waals surface area contributed by atoms with Crippen molar-refractivity contribution < 1.29 is 14.7 Å². The first-order chi connectivity index (χ1) is 7.83. The Morgan fingerprint density at radius 2 is 2.24 bits per heavy atom. The zero-order chi connectivity index (χ0) is 13.1. The number of aliphatic carboxylic acids is 1. The van der Waals surface area contributed by atoms with Crippen LogP contribution in [0.15, 0.2) is 6.33 Å². The highest BCUT2D eigenvalue weighted by atomic mass is 16.4. The number of carbonyl (C=O) groups is 2. The molecular weight excluding hydrogens is 226 g/mol. The Labute approximate surface area is 98.0 Å². The molecule has 0 spiro atoms. The Kier molecular flexibility index (Phi) is 3.66. The predicted molar refractivity (Wildman–Crippen MR) is 58.1 cm³/mol. The Balaban J connectivity index is 2.56. The summed E-state index contributed by atoms with van der Waals surface area (Å²) in [5.74, 6) is -0.574. The molecule has 0 fully saturated rings. The highest BCUT2D eigenvalue weighted by molar-refractivity contribution is 5.85. The minimum Gasteiger partial charge on any atom is -0.480 e. The van der Waals surface area contributed by atoms with Crippen LogP contribution < -0.4 is 5.32 Å². The molecule has 8 heteroatoms. The summed E-state index contributed by atoms with van der Waals surface area (Å²) in [4.78, 5) is 27.7. The van der Waals surface area contributed by atoms with Crippen LogP contribution in [-0.4, -0.2) is 49.8 Å². The number of hydrogen-bond donors (Lipinski definition) is 3. The molecule has 0 aliphatic carbocycles. The van der Waals surface area contributed by atoms with Crippen LogP contribution in [0, 0.1) is 0 Å². The normalized spacial score (nSPS) is 11.0. The minimum atomic E-state index is -1.31. The third-order valence-corrected chi connectivity index (χ3v) is 2.15. The molecule has 1 aromatic heterocycles. The number of nitrogens with zero attached hydrogens (tertiary/aromatic N) is 3. The summed E-state index contributed by atoms with van der Waals surface area (Å²) >= 11 is 0. The van der Waals surface area contributed by atoms with Crippen LogP contribution in [0.1, 0.15) is 19.7 Å². The van der Waals surface area contributed by atoms with Crippen molar-refractivity contribution in [2.24, 2.45) is 0 Å². The van der Waals surface area contributed by atoms with Crippen molar-refractivity contribution >= 4 is 12.0 Å². The van der Waals surface area contributed by atoms with Gasteiger partial charge in [-0.15, -0.1) is 0 Å². The van der Waals surface area contributed by atoms with Gasteiger partial charge in [0.2, 0.25) is 0 Å². The molecule has 17 heavy (non-hydrogen) atoms. The molecule has 0 unspecified atom stereocenters. The lowest BCUT2D eigenvalue weighted by Crippen LogP contribution is -2.53. The number of amides is 2. The van der Waals surface area contributed by atoms with E-state index in [1.807, 2.05) is 0 Å². The van der Waals surface area contributed by atoms with Gasteiger partial charge in [-0.1, -0.05) is 0 Å². The van der Waals surface area contributed by atoms with E-state index < -0.39 is 17.5 Å². The maximum Gasteiger partial charge on any atom is 0.328 e. The quantitative estimate of drug-likeness (QED) is 0.676. The number of rotatable bonds is 4. The molecule has 0 radical (unpaired) electrons. The second kappa shape index (κ2) is 4.81. The lowest BCUT2D eigenvalue weighted by atomic mass is 10.1. The molecule has 94 valence electrons. The van der Waals surface area contributed by atoms with E-state index in [1.54, 1.807) is 0 Å². The summed E-state index contributed by atoms with van der Waals surface area (Å²) in [5, 5.41) is 17.5. The van der Waals surface area contributed by atoms with Crippen LogP contribution in [0.4, 0.5) is 4.79 Å². The van der Waals surface area contributed by atoms with Crippen molar-refractivity contribution in [3.8, 4) is 0 Å². The number of urea groups is 1. The van der Waals surface area contributed by atoms with Crippen molar-refractivity contribution in [3.63, 3.8) is 0 Å². The highest BCUT2D eigenvalue weighted by Gasteiger charge is 2.30. The van der Waals surface area contributed by atoms with E-state index in [0.29, 0.717) is 5.82 Å². The standard InChI is InChI=1S/C9H15N5O3/c1-9(2,7(15)16)12-8(17)14(3)4-6-10-5-11-13-6/h5H,4H2,1-3H3,(H,12,17)(H,15,16)(H,10,11,13). The van der Waals surface area contributed by atoms with Crippen LogP contribution >= 0.6 is 0 Å². The molecule has 8 nitrogen and oxygen atoms in total. The van der Waals surface area contributed by atoms with Gasteiger partial charge >= 0.3 is 12.0 Å². The van der Waals surface area contributed by atoms with Gasteiger partial charge in [0.25, 0.3) is 0 Å². The summed E-state index contributed by atoms with van der Waals surface area (Å²) in [7, 11) is 1.54. The number of H-pyrrole nitrogens is 1. The molecular formula is C9H15N5O3. The van der Waals surface area contributed by atoms with Gasteiger partial charge in [0.05, 0.1) is 6.54 Å². The summed E-state index contributed by atoms with van der Waals surface area (Å²) < 4.78 is 0. The zero-order valence-electron chi connectivity index (χ0n) is 9.89. The molecule has 1 heterocycles. The highest BCUT2D eigenvalue weighted by Crippen LogP contribution is 2.04. The van der Waals surface area contributed by atoms with Gasteiger partial charge in [-0.25, -0.2) is 14.6 Å². The van der Waals surface area contributed by atoms with Crippen LogP contribution in [0.3, 0.4) is 0 Å². The number of hydrogen-bond acceptors (Lipinski definition) is 4. The third kappa shape index (κ3) is 3.44. The molecule has 1 aromatic rings. The molecule has 0 atom stereocenters. The van der Waals surface area contributed by atoms with E-state index in [1.165, 1.54) is 32.1 Å². The third-order valence-electron chi connectivity index (χ3n) is 2.15. The predicted octanol–water partition coefficient (Wildman–Crippen LogP) is -0.191. The second-order valence-electron chi connectivity index (χ2n) is 4.15. The van der Waals surface area contributed by atoms with Crippen molar-refractivity contribution in [2.45, 2.75) is 25.9 Å². The van der Waals surface area contributed by atoms with E-state index in [0.717, 1.165) is 0 Å². The number of carboxylic acid groups (broad SMARTS) is 1. The van der Waals surface area contributed by atoms with Gasteiger partial charge in [-0.05, 0) is 13.8 Å². The van der Waals surface area contributed by atoms with Gasteiger partial charge in [0.1, 0.15) is 17.7 Å². The van der Waals surface area contributed by atoms with E-state index in [4.69, 9.17) is 5.11 Å². The second-order valence-corrected chi connectivity index (χ2v) is 4.15. The van der Waals surface area contributed by atoms with Gasteiger partial charge in [0.15, 0.2) is 0 Å². The molecule has 0 saturated carbocycles. The molecule has 0 aromatic carbocycles. The first-order valence-electron chi connectivity index (χ1n) is 4.94. The maximum atomic E-state index is 11.7. The number of nitrogens with one attached hydrogen (secondary N) is 2. The van der Waals surface area contributed by atoms with E-state index in [2.05, 4.69) is 20.5 Å². The Bertz CT molecular complexity index is 401. The smallest absolute Gasteiger partial charge is 0.328 e. The fourth-order valence-corrected chi connectivity index (χ4v) is 1.02. The number of aromatic amines is 1. The average Bonchev–Trinajstić information content (AvgIpc) is 2.69. The Morgan fingerprint density at radius 1 is 1.59 bits per heavy atom. The molecule has 0 saturated heterocycles. The lowest BCUT2D eigenvalue weighted by Gasteiger charge is -2.25. The van der Waals surface area contributed by atoms with Gasteiger partial charge < -0.3 is 15.3 Å². The van der Waals surface area contributed by atoms with Gasteiger partial charge in [-0.3, -0.25) is 5.10 Å².